The smallest absolute Gasteiger partial charge is 0.245 e. The Hall–Kier alpha value is -6.27. The fraction of sp³-hybridized carbons (Fsp3) is 0.550. The van der Waals surface area contributed by atoms with Gasteiger partial charge in [-0.2, -0.15) is 0 Å². The third kappa shape index (κ3) is 16.5. The largest absolute Gasteiger partial charge is 0.507 e. The Bertz CT molecular complexity index is 3230. The van der Waals surface area contributed by atoms with Crippen LogP contribution in [0.5, 0.6) is 11.5 Å². The highest BCUT2D eigenvalue weighted by atomic mass is 79.9. The second-order valence-corrected chi connectivity index (χ2v) is 27.1. The Labute approximate surface area is 508 Å². The van der Waals surface area contributed by atoms with Crippen LogP contribution in [0, 0.1) is 13.8 Å². The molecule has 10 rings (SSSR count). The number of hydrogen-bond acceptors (Lipinski definition) is 21. The number of nitrogens with one attached hydrogen (secondary N) is 3. The van der Waals surface area contributed by atoms with E-state index in [0.29, 0.717) is 86.4 Å². The molecule has 0 unspecified atom stereocenters. The third-order valence-electron chi connectivity index (χ3n) is 15.2. The van der Waals surface area contributed by atoms with Crippen LogP contribution >= 0.6 is 32.9 Å². The molecule has 7 aromatic rings. The Morgan fingerprint density at radius 3 is 1.16 bits per heavy atom. The quantitative estimate of drug-likeness (QED) is 0.0940. The molecule has 3 aliphatic rings. The number of aromatic hydroxyl groups is 1. The molecule has 3 saturated heterocycles. The number of anilines is 3. The number of phenolic OH excluding ortho intramolecular Hbond substituents is 1. The summed E-state index contributed by atoms with van der Waals surface area (Å²) in [6, 6.07) is 12.0. The molecule has 0 radical (unpaired) electrons. The van der Waals surface area contributed by atoms with Crippen LogP contribution in [-0.4, -0.2) is 140 Å². The van der Waals surface area contributed by atoms with E-state index in [-0.39, 0.29) is 56.0 Å². The molecule has 0 bridgehead atoms. The van der Waals surface area contributed by atoms with E-state index < -0.39 is 0 Å². The summed E-state index contributed by atoms with van der Waals surface area (Å²) in [5, 5.41) is 47.4. The van der Waals surface area contributed by atoms with E-state index in [2.05, 4.69) is 185 Å². The van der Waals surface area contributed by atoms with Crippen LogP contribution in [0.3, 0.4) is 0 Å². The van der Waals surface area contributed by atoms with Crippen LogP contribution < -0.4 is 35.4 Å². The zero-order valence-corrected chi connectivity index (χ0v) is 54.8. The highest BCUT2D eigenvalue weighted by Crippen LogP contribution is 2.38. The molecule has 0 atom stereocenters. The number of aromatic nitrogens is 11. The van der Waals surface area contributed by atoms with Crippen molar-refractivity contribution >= 4 is 50.8 Å². The first-order chi connectivity index (χ1) is 38.3. The van der Waals surface area contributed by atoms with E-state index in [1.807, 2.05) is 59.3 Å². The third-order valence-corrected chi connectivity index (χ3v) is 15.6. The minimum absolute atomic E-state index is 0. The first kappa shape index (κ1) is 64.3. The molecular weight excluding hydrogens is 1180 g/mol. The highest BCUT2D eigenvalue weighted by molar-refractivity contribution is 9.10. The van der Waals surface area contributed by atoms with Gasteiger partial charge in [-0.05, 0) is 188 Å². The average Bonchev–Trinajstić information content (AvgIpc) is 4.13. The minimum Gasteiger partial charge on any atom is -0.507 e. The second kappa shape index (κ2) is 25.1. The fourth-order valence-corrected chi connectivity index (χ4v) is 12.7. The van der Waals surface area contributed by atoms with E-state index in [9.17, 15) is 5.11 Å². The summed E-state index contributed by atoms with van der Waals surface area (Å²) in [5.41, 5.74) is 4.46. The predicted molar refractivity (Wildman–Crippen MR) is 335 cm³/mol. The summed E-state index contributed by atoms with van der Waals surface area (Å²) in [5.74, 6) is 5.13. The summed E-state index contributed by atoms with van der Waals surface area (Å²) < 4.78 is 17.4. The maximum Gasteiger partial charge on any atom is 0.245 e. The van der Waals surface area contributed by atoms with Crippen LogP contribution in [-0.2, 0) is 0 Å². The lowest BCUT2D eigenvalue weighted by Crippen LogP contribution is -2.62. The number of oxazole rings is 2. The number of rotatable bonds is 11. The van der Waals surface area contributed by atoms with E-state index in [0.717, 1.165) is 55.4 Å². The van der Waals surface area contributed by atoms with E-state index in [1.165, 1.54) is 0 Å². The lowest BCUT2D eigenvalue weighted by atomic mass is 9.79. The molecule has 3 fully saturated rings. The van der Waals surface area contributed by atoms with Gasteiger partial charge in [0.25, 0.3) is 0 Å². The zero-order valence-electron chi connectivity index (χ0n) is 51.5. The Morgan fingerprint density at radius 1 is 0.494 bits per heavy atom. The van der Waals surface area contributed by atoms with E-state index in [1.54, 1.807) is 50.2 Å². The van der Waals surface area contributed by atoms with Crippen molar-refractivity contribution in [2.75, 3.05) is 43.0 Å². The van der Waals surface area contributed by atoms with Crippen LogP contribution in [0.2, 0.25) is 0 Å². The summed E-state index contributed by atoms with van der Waals surface area (Å²) in [4.78, 5) is 28.4. The number of benzene rings is 2. The van der Waals surface area contributed by atoms with Gasteiger partial charge >= 0.3 is 0 Å². The molecule has 0 amide bonds. The van der Waals surface area contributed by atoms with Crippen molar-refractivity contribution in [1.29, 1.82) is 0 Å². The molecule has 4 N–H and O–H groups in total. The standard InChI is InChI=1S/C24H32N6O2.C23H30N6O2.C13H22BrN5.BrH/c1-15-13-25-21(32-15)16-8-9-18(20(10-16)31-7)19-14-26-22(28-27-19)30(6)17-11-23(2,3)29-24(4,5)12-17;1-14-12-24-20(31-14)15-7-8-17(19(30)9-15)18-13-25-21(27-26-18)29(6)16-10-22(2,3)28-23(4,5)11-16;1-12(2)6-9(7-13(3,4)18-12)19(5)11-15-8-10(14)16-17-11;/h8-10,13-14,17,29H,11-12H2,1-7H3;7-9,12-13,16,28,30H,10-11H2,1-6H3;8-9,18H,6-7H2,1-5H3;1H. The molecule has 0 spiro atoms. The van der Waals surface area contributed by atoms with Crippen LogP contribution in [0.25, 0.3) is 45.4 Å². The van der Waals surface area contributed by atoms with E-state index in [4.69, 9.17) is 13.6 Å². The maximum absolute atomic E-state index is 10.5. The Kier molecular flexibility index (Phi) is 19.5. The van der Waals surface area contributed by atoms with Crippen LogP contribution in [0.15, 0.2) is 80.8 Å². The van der Waals surface area contributed by atoms with Crippen LogP contribution in [0.1, 0.15) is 133 Å². The molecule has 3 aliphatic heterocycles. The number of phenols is 1. The molecule has 0 aliphatic carbocycles. The van der Waals surface area contributed by atoms with Crippen molar-refractivity contribution in [3.8, 4) is 56.9 Å². The topological polar surface area (TPSA) is 243 Å². The monoisotopic (exact) mass is 1270 g/mol. The predicted octanol–water partition coefficient (Wildman–Crippen LogP) is 11.2. The SMILES string of the molecule is Br.CN(c1ncc(Br)nn1)C1CC(C)(C)NC(C)(C)C1.COc1cc(-c2ncc(C)o2)ccc1-c1cnc(N(C)C2CC(C)(C)NC(C)(C)C2)nn1.Cc1cnc(-c2ccc(-c3cnc(N(C)C4CC(C)(C)NC(C)(C)C4)nn3)c(O)c2)o1. The first-order valence-corrected chi connectivity index (χ1v) is 28.8. The van der Waals surface area contributed by atoms with Crippen molar-refractivity contribution in [3.05, 3.63) is 83.5 Å². The van der Waals surface area contributed by atoms with Gasteiger partial charge in [0.1, 0.15) is 39.0 Å². The number of halogens is 2. The molecule has 0 saturated carbocycles. The molecule has 83 heavy (non-hydrogen) atoms. The number of piperidine rings is 3. The van der Waals surface area contributed by atoms with Crippen molar-refractivity contribution in [2.24, 2.45) is 0 Å². The number of hydrogen-bond donors (Lipinski definition) is 4. The van der Waals surface area contributed by atoms with Gasteiger partial charge in [-0.25, -0.2) is 24.9 Å². The molecule has 448 valence electrons. The van der Waals surface area contributed by atoms with Gasteiger partial charge in [-0.15, -0.1) is 47.6 Å². The molecule has 2 aromatic carbocycles. The van der Waals surface area contributed by atoms with Crippen molar-refractivity contribution in [1.82, 2.24) is 71.5 Å². The van der Waals surface area contributed by atoms with Crippen molar-refractivity contribution in [2.45, 2.75) is 187 Å². The van der Waals surface area contributed by atoms with Crippen LogP contribution in [0.4, 0.5) is 17.8 Å². The highest BCUT2D eigenvalue weighted by Gasteiger charge is 2.42. The fourth-order valence-electron chi connectivity index (χ4n) is 12.5. The Balaban J connectivity index is 0.000000184. The number of nitrogens with zero attached hydrogens (tertiary/aromatic N) is 14. The van der Waals surface area contributed by atoms with Gasteiger partial charge in [0.2, 0.25) is 29.6 Å². The number of aryl methyl sites for hydroxylation is 2. The molecule has 23 heteroatoms. The summed E-state index contributed by atoms with van der Waals surface area (Å²) in [6.45, 7) is 30.6. The van der Waals surface area contributed by atoms with Gasteiger partial charge < -0.3 is 49.3 Å². The number of ether oxygens (including phenoxy) is 1. The first-order valence-electron chi connectivity index (χ1n) is 28.0. The number of methoxy groups -OCH3 is 1. The van der Waals surface area contributed by atoms with Gasteiger partial charge in [0.15, 0.2) is 0 Å². The minimum atomic E-state index is 0. The van der Waals surface area contributed by atoms with Gasteiger partial charge in [-0.3, -0.25) is 0 Å². The molecular formula is C60H85Br2N17O4. The summed E-state index contributed by atoms with van der Waals surface area (Å²) >= 11 is 3.26. The van der Waals surface area contributed by atoms with E-state index >= 15 is 0 Å². The lowest BCUT2D eigenvalue weighted by Gasteiger charge is -2.48. The molecule has 21 nitrogen and oxygen atoms in total. The summed E-state index contributed by atoms with van der Waals surface area (Å²) in [6.07, 6.45) is 14.6. The van der Waals surface area contributed by atoms with Gasteiger partial charge in [-0.1, -0.05) is 0 Å². The zero-order chi connectivity index (χ0) is 59.7. The maximum atomic E-state index is 10.5. The van der Waals surface area contributed by atoms with Crippen molar-refractivity contribution in [3.63, 3.8) is 0 Å². The van der Waals surface area contributed by atoms with Crippen molar-refractivity contribution < 1.29 is 18.7 Å². The molecule has 5 aromatic heterocycles. The second-order valence-electron chi connectivity index (χ2n) is 26.3. The lowest BCUT2D eigenvalue weighted by molar-refractivity contribution is 0.160. The van der Waals surface area contributed by atoms with Gasteiger partial charge in [0.05, 0.1) is 38.1 Å². The average molecular weight is 1270 g/mol. The van der Waals surface area contributed by atoms with Gasteiger partial charge in [0, 0.05) is 94.8 Å². The normalized spacial score (nSPS) is 18.7. The summed E-state index contributed by atoms with van der Waals surface area (Å²) in [7, 11) is 7.75. The molecule has 8 heterocycles. The Morgan fingerprint density at radius 2 is 0.843 bits per heavy atom.